The Hall–Kier alpha value is -1.77. The molecule has 116 valence electrons. The number of anilines is 1. The van der Waals surface area contributed by atoms with Crippen molar-refractivity contribution in [1.82, 2.24) is 4.90 Å². The summed E-state index contributed by atoms with van der Waals surface area (Å²) < 4.78 is 0. The minimum absolute atomic E-state index is 0.0259. The molecule has 2 bridgehead atoms. The first-order chi connectivity index (χ1) is 10.5. The normalized spacial score (nSPS) is 31.8. The Labute approximate surface area is 132 Å². The summed E-state index contributed by atoms with van der Waals surface area (Å²) in [5.41, 5.74) is 3.58. The van der Waals surface area contributed by atoms with E-state index in [2.05, 4.69) is 32.2 Å². The number of hydrogen-bond acceptors (Lipinski definition) is 2. The summed E-state index contributed by atoms with van der Waals surface area (Å²) in [5.74, 6) is 1.58. The number of rotatable bonds is 2. The zero-order valence-corrected chi connectivity index (χ0v) is 13.6. The van der Waals surface area contributed by atoms with E-state index in [9.17, 15) is 4.79 Å². The molecule has 4 aliphatic rings. The number of allylic oxidation sites excluding steroid dienone is 1. The van der Waals surface area contributed by atoms with Crippen molar-refractivity contribution in [3.63, 3.8) is 0 Å². The van der Waals surface area contributed by atoms with Crippen LogP contribution in [0.1, 0.15) is 44.0 Å². The molecule has 22 heavy (non-hydrogen) atoms. The maximum atomic E-state index is 12.8. The standard InChI is InChI=1S/C19H24N2O/c1-4-21-17(13-10-9-12-11-15(13)19(12,2)3)20-16-8-6-5-7-14(16)18(21)22/h5-8,10,12,15,17,20H,4,9,11H2,1-3H3/t12-,15+,17-/m0/s1. The van der Waals surface area contributed by atoms with Gasteiger partial charge in [-0.15, -0.1) is 0 Å². The van der Waals surface area contributed by atoms with Crippen LogP contribution in [0.3, 0.4) is 0 Å². The molecule has 0 radical (unpaired) electrons. The van der Waals surface area contributed by atoms with Gasteiger partial charge in [-0.25, -0.2) is 0 Å². The fraction of sp³-hybridized carbons (Fsp3) is 0.526. The highest BCUT2D eigenvalue weighted by atomic mass is 16.2. The van der Waals surface area contributed by atoms with Crippen LogP contribution in [0.15, 0.2) is 35.9 Å². The minimum Gasteiger partial charge on any atom is -0.361 e. The van der Waals surface area contributed by atoms with Crippen molar-refractivity contribution in [1.29, 1.82) is 0 Å². The molecule has 1 amide bonds. The third-order valence-corrected chi connectivity index (χ3v) is 6.19. The summed E-state index contributed by atoms with van der Waals surface area (Å²) in [4.78, 5) is 14.8. The number of likely N-dealkylation sites (N-methyl/N-ethyl adjacent to an activating group) is 1. The second-order valence-electron chi connectivity index (χ2n) is 7.43. The number of carbonyl (C=O) groups excluding carboxylic acids is 1. The Morgan fingerprint density at radius 1 is 1.32 bits per heavy atom. The van der Waals surface area contributed by atoms with Crippen molar-refractivity contribution in [3.8, 4) is 0 Å². The lowest BCUT2D eigenvalue weighted by Crippen LogP contribution is -2.57. The molecule has 5 rings (SSSR count). The molecule has 0 aromatic heterocycles. The smallest absolute Gasteiger partial charge is 0.257 e. The molecule has 3 aliphatic carbocycles. The number of carbonyl (C=O) groups is 1. The lowest BCUT2D eigenvalue weighted by molar-refractivity contribution is -0.0148. The summed E-state index contributed by atoms with van der Waals surface area (Å²) in [7, 11) is 0. The van der Waals surface area contributed by atoms with Crippen LogP contribution in [-0.4, -0.2) is 23.5 Å². The van der Waals surface area contributed by atoms with Gasteiger partial charge >= 0.3 is 0 Å². The SMILES string of the molecule is CCN1C(=O)c2ccccc2N[C@@H]1C1=CC[C@H]2C[C@H]1C2(C)C. The van der Waals surface area contributed by atoms with Crippen molar-refractivity contribution in [2.75, 3.05) is 11.9 Å². The zero-order chi connectivity index (χ0) is 15.5. The summed E-state index contributed by atoms with van der Waals surface area (Å²) in [5, 5.41) is 3.63. The van der Waals surface area contributed by atoms with Gasteiger partial charge in [0.25, 0.3) is 5.91 Å². The molecular weight excluding hydrogens is 272 g/mol. The Kier molecular flexibility index (Phi) is 2.91. The first kappa shape index (κ1) is 13.9. The van der Waals surface area contributed by atoms with Crippen molar-refractivity contribution in [2.24, 2.45) is 17.3 Å². The van der Waals surface area contributed by atoms with Crippen molar-refractivity contribution >= 4 is 11.6 Å². The average Bonchev–Trinajstić information content (AvgIpc) is 2.54. The van der Waals surface area contributed by atoms with E-state index in [0.717, 1.165) is 30.1 Å². The number of benzene rings is 1. The maximum Gasteiger partial charge on any atom is 0.257 e. The fourth-order valence-electron chi connectivity index (χ4n) is 4.59. The molecule has 0 unspecified atom stereocenters. The number of amides is 1. The minimum atomic E-state index is 0.0259. The quantitative estimate of drug-likeness (QED) is 0.840. The number of para-hydroxylation sites is 1. The van der Waals surface area contributed by atoms with Crippen molar-refractivity contribution in [2.45, 2.75) is 39.8 Å². The third-order valence-electron chi connectivity index (χ3n) is 6.19. The van der Waals surface area contributed by atoms with E-state index in [0.29, 0.717) is 11.3 Å². The van der Waals surface area contributed by atoms with Gasteiger partial charge in [-0.05, 0) is 54.7 Å². The Morgan fingerprint density at radius 2 is 2.09 bits per heavy atom. The van der Waals surface area contributed by atoms with Crippen LogP contribution >= 0.6 is 0 Å². The van der Waals surface area contributed by atoms with Gasteiger partial charge in [0.1, 0.15) is 6.17 Å². The molecule has 1 aromatic rings. The summed E-state index contributed by atoms with van der Waals surface area (Å²) >= 11 is 0. The molecule has 1 saturated carbocycles. The van der Waals surface area contributed by atoms with Gasteiger partial charge in [0.2, 0.25) is 0 Å². The number of hydrogen-bond donors (Lipinski definition) is 1. The average molecular weight is 296 g/mol. The Morgan fingerprint density at radius 3 is 2.77 bits per heavy atom. The molecule has 1 aromatic carbocycles. The van der Waals surface area contributed by atoms with Gasteiger partial charge in [-0.1, -0.05) is 32.1 Å². The topological polar surface area (TPSA) is 32.3 Å². The molecule has 3 nitrogen and oxygen atoms in total. The van der Waals surface area contributed by atoms with Crippen LogP contribution in [0.4, 0.5) is 5.69 Å². The molecule has 3 heteroatoms. The van der Waals surface area contributed by atoms with Crippen LogP contribution in [-0.2, 0) is 0 Å². The van der Waals surface area contributed by atoms with E-state index in [4.69, 9.17) is 0 Å². The highest BCUT2D eigenvalue weighted by molar-refractivity contribution is 6.02. The molecule has 1 heterocycles. The lowest BCUT2D eigenvalue weighted by Gasteiger charge is -2.58. The van der Waals surface area contributed by atoms with Gasteiger partial charge in [0, 0.05) is 12.2 Å². The number of fused-ring (bicyclic) bond motifs is 2. The van der Waals surface area contributed by atoms with Gasteiger partial charge in [-0.3, -0.25) is 4.79 Å². The summed E-state index contributed by atoms with van der Waals surface area (Å²) in [6.07, 6.45) is 4.86. The molecule has 3 atom stereocenters. The van der Waals surface area contributed by atoms with Crippen molar-refractivity contribution < 1.29 is 4.79 Å². The van der Waals surface area contributed by atoms with Crippen LogP contribution in [0.2, 0.25) is 0 Å². The maximum absolute atomic E-state index is 12.8. The van der Waals surface area contributed by atoms with Crippen LogP contribution in [0.25, 0.3) is 0 Å². The highest BCUT2D eigenvalue weighted by Crippen LogP contribution is 2.60. The van der Waals surface area contributed by atoms with E-state index < -0.39 is 0 Å². The molecule has 1 fully saturated rings. The Bertz CT molecular complexity index is 661. The predicted molar refractivity (Wildman–Crippen MR) is 88.6 cm³/mol. The Balaban J connectivity index is 1.73. The van der Waals surface area contributed by atoms with Gasteiger partial charge < -0.3 is 10.2 Å². The van der Waals surface area contributed by atoms with E-state index >= 15 is 0 Å². The number of nitrogens with one attached hydrogen (secondary N) is 1. The first-order valence-corrected chi connectivity index (χ1v) is 8.40. The van der Waals surface area contributed by atoms with Gasteiger partial charge in [0.15, 0.2) is 0 Å². The molecular formula is C19H24N2O. The first-order valence-electron chi connectivity index (χ1n) is 8.40. The zero-order valence-electron chi connectivity index (χ0n) is 13.6. The van der Waals surface area contributed by atoms with Crippen LogP contribution < -0.4 is 5.32 Å². The lowest BCUT2D eigenvalue weighted by atomic mass is 9.48. The number of nitrogens with zero attached hydrogens (tertiary/aromatic N) is 1. The van der Waals surface area contributed by atoms with Crippen molar-refractivity contribution in [3.05, 3.63) is 41.5 Å². The molecule has 1 aliphatic heterocycles. The summed E-state index contributed by atoms with van der Waals surface area (Å²) in [6, 6.07) is 7.87. The third kappa shape index (κ3) is 1.71. The van der Waals surface area contributed by atoms with Crippen LogP contribution in [0, 0.1) is 17.3 Å². The van der Waals surface area contributed by atoms with E-state index in [1.54, 1.807) is 0 Å². The van der Waals surface area contributed by atoms with Gasteiger partial charge in [0.05, 0.1) is 5.56 Å². The molecule has 0 saturated heterocycles. The second-order valence-corrected chi connectivity index (χ2v) is 7.43. The molecule has 1 N–H and O–H groups in total. The van der Waals surface area contributed by atoms with E-state index in [1.165, 1.54) is 12.0 Å². The van der Waals surface area contributed by atoms with Gasteiger partial charge in [-0.2, -0.15) is 0 Å². The van der Waals surface area contributed by atoms with E-state index in [1.807, 2.05) is 29.2 Å². The highest BCUT2D eigenvalue weighted by Gasteiger charge is 2.53. The predicted octanol–water partition coefficient (Wildman–Crippen LogP) is 3.89. The fourth-order valence-corrected chi connectivity index (χ4v) is 4.59. The van der Waals surface area contributed by atoms with E-state index in [-0.39, 0.29) is 12.1 Å². The summed E-state index contributed by atoms with van der Waals surface area (Å²) in [6.45, 7) is 7.57. The largest absolute Gasteiger partial charge is 0.361 e. The molecule has 0 spiro atoms. The second kappa shape index (κ2) is 4.61. The van der Waals surface area contributed by atoms with Crippen LogP contribution in [0.5, 0.6) is 0 Å². The monoisotopic (exact) mass is 296 g/mol.